The summed E-state index contributed by atoms with van der Waals surface area (Å²) in [7, 11) is 0. The fraction of sp³-hybridized carbons (Fsp3) is 0.333. The van der Waals surface area contributed by atoms with Crippen LogP contribution in [0.4, 0.5) is 5.69 Å². The summed E-state index contributed by atoms with van der Waals surface area (Å²) in [5.74, 6) is 0.585. The summed E-state index contributed by atoms with van der Waals surface area (Å²) >= 11 is 9.00. The molecule has 1 aromatic carbocycles. The molecule has 0 unspecified atom stereocenters. The Balaban J connectivity index is 1.47. The average Bonchev–Trinajstić information content (AvgIpc) is 3.18. The van der Waals surface area contributed by atoms with E-state index in [1.165, 1.54) is 46.8 Å². The number of amides is 1. The Morgan fingerprint density at radius 3 is 2.66 bits per heavy atom. The Bertz CT molecular complexity index is 1320. The maximum Gasteiger partial charge on any atom is 0.234 e. The van der Waals surface area contributed by atoms with Gasteiger partial charge in [0.25, 0.3) is 0 Å². The van der Waals surface area contributed by atoms with Crippen LogP contribution in [-0.4, -0.2) is 26.6 Å². The number of pyridine rings is 1. The molecule has 0 fully saturated rings. The van der Waals surface area contributed by atoms with Gasteiger partial charge in [-0.05, 0) is 67.0 Å². The molecule has 0 saturated carbocycles. The molecule has 0 saturated heterocycles. The second-order valence-corrected chi connectivity index (χ2v) is 10.7. The van der Waals surface area contributed by atoms with Crippen molar-refractivity contribution in [2.24, 2.45) is 0 Å². The first kappa shape index (κ1) is 21.6. The first-order valence-corrected chi connectivity index (χ1v) is 13.0. The Labute approximate surface area is 200 Å². The molecular formula is C24H23ClN4OS2. The minimum Gasteiger partial charge on any atom is -0.325 e. The van der Waals surface area contributed by atoms with E-state index in [2.05, 4.69) is 29.1 Å². The number of rotatable bonds is 5. The quantitative estimate of drug-likeness (QED) is 0.255. The number of thiophene rings is 1. The van der Waals surface area contributed by atoms with E-state index in [1.54, 1.807) is 41.9 Å². The lowest BCUT2D eigenvalue weighted by Gasteiger charge is -2.21. The predicted molar refractivity (Wildman–Crippen MR) is 134 cm³/mol. The second kappa shape index (κ2) is 8.96. The van der Waals surface area contributed by atoms with Crippen molar-refractivity contribution in [2.75, 3.05) is 11.1 Å². The molecule has 1 aliphatic carbocycles. The Kier molecular flexibility index (Phi) is 6.05. The Morgan fingerprint density at radius 2 is 1.91 bits per heavy atom. The van der Waals surface area contributed by atoms with Crippen LogP contribution in [0, 0.1) is 0 Å². The van der Waals surface area contributed by atoms with Gasteiger partial charge in [0.1, 0.15) is 16.2 Å². The van der Waals surface area contributed by atoms with Gasteiger partial charge >= 0.3 is 0 Å². The number of carbonyl (C=O) groups excluding carboxylic acids is 1. The molecule has 1 aliphatic rings. The maximum absolute atomic E-state index is 12.5. The van der Waals surface area contributed by atoms with Crippen molar-refractivity contribution < 1.29 is 4.79 Å². The highest BCUT2D eigenvalue weighted by atomic mass is 35.5. The van der Waals surface area contributed by atoms with Crippen molar-refractivity contribution in [1.29, 1.82) is 0 Å². The van der Waals surface area contributed by atoms with Crippen LogP contribution in [0.3, 0.4) is 0 Å². The first-order valence-electron chi connectivity index (χ1n) is 10.8. The average molecular weight is 483 g/mol. The fourth-order valence-electron chi connectivity index (χ4n) is 4.31. The standard InChI is InChI=1S/C24H23ClN4OS2/c1-13(2)20-17-6-4-3-5-16(17)19-21-22(32-23(19)29-20)24(27-12-26-21)31-11-18(30)28-15-9-7-14(25)8-10-15/h7-10,12-13H,3-6,11H2,1-2H3,(H,28,30). The van der Waals surface area contributed by atoms with Gasteiger partial charge in [-0.25, -0.2) is 15.0 Å². The number of thioether (sulfide) groups is 1. The highest BCUT2D eigenvalue weighted by Gasteiger charge is 2.24. The van der Waals surface area contributed by atoms with Crippen molar-refractivity contribution in [3.05, 3.63) is 52.4 Å². The predicted octanol–water partition coefficient (Wildman–Crippen LogP) is 6.63. The Morgan fingerprint density at radius 1 is 1.16 bits per heavy atom. The summed E-state index contributed by atoms with van der Waals surface area (Å²) in [5, 5.41) is 5.57. The van der Waals surface area contributed by atoms with Gasteiger partial charge in [0, 0.05) is 21.8 Å². The van der Waals surface area contributed by atoms with E-state index in [0.29, 0.717) is 10.9 Å². The number of carbonyl (C=O) groups is 1. The molecule has 164 valence electrons. The van der Waals surface area contributed by atoms with Crippen LogP contribution in [0.25, 0.3) is 20.4 Å². The van der Waals surface area contributed by atoms with E-state index in [4.69, 9.17) is 16.6 Å². The third kappa shape index (κ3) is 4.09. The number of anilines is 1. The second-order valence-electron chi connectivity index (χ2n) is 8.30. The van der Waals surface area contributed by atoms with Crippen molar-refractivity contribution in [3.8, 4) is 0 Å². The number of aromatic nitrogens is 3. The molecule has 5 nitrogen and oxygen atoms in total. The molecule has 0 radical (unpaired) electrons. The fourth-order valence-corrected chi connectivity index (χ4v) is 6.48. The van der Waals surface area contributed by atoms with Crippen LogP contribution >= 0.6 is 34.7 Å². The zero-order valence-electron chi connectivity index (χ0n) is 17.9. The lowest BCUT2D eigenvalue weighted by atomic mass is 9.86. The molecule has 32 heavy (non-hydrogen) atoms. The third-order valence-electron chi connectivity index (χ3n) is 5.74. The summed E-state index contributed by atoms with van der Waals surface area (Å²) in [4.78, 5) is 27.7. The van der Waals surface area contributed by atoms with E-state index >= 15 is 0 Å². The lowest BCUT2D eigenvalue weighted by molar-refractivity contribution is -0.113. The minimum atomic E-state index is -0.0807. The van der Waals surface area contributed by atoms with Crippen LogP contribution in [0.2, 0.25) is 5.02 Å². The van der Waals surface area contributed by atoms with Crippen molar-refractivity contribution >= 4 is 66.7 Å². The van der Waals surface area contributed by atoms with E-state index < -0.39 is 0 Å². The maximum atomic E-state index is 12.5. The largest absolute Gasteiger partial charge is 0.325 e. The lowest BCUT2D eigenvalue weighted by Crippen LogP contribution is -2.14. The van der Waals surface area contributed by atoms with Crippen molar-refractivity contribution in [1.82, 2.24) is 15.0 Å². The summed E-state index contributed by atoms with van der Waals surface area (Å²) in [6.45, 7) is 4.44. The minimum absolute atomic E-state index is 0.0807. The molecule has 0 atom stereocenters. The van der Waals surface area contributed by atoms with E-state index in [9.17, 15) is 4.79 Å². The number of fused-ring (bicyclic) bond motifs is 5. The van der Waals surface area contributed by atoms with Gasteiger partial charge in [-0.15, -0.1) is 11.3 Å². The highest BCUT2D eigenvalue weighted by Crippen LogP contribution is 2.42. The molecule has 1 N–H and O–H groups in total. The summed E-state index contributed by atoms with van der Waals surface area (Å²) < 4.78 is 1.02. The number of nitrogens with zero attached hydrogens (tertiary/aromatic N) is 3. The SMILES string of the molecule is CC(C)c1nc2sc3c(SCC(=O)Nc4ccc(Cl)cc4)ncnc3c2c2c1CCCC2. The number of halogens is 1. The van der Waals surface area contributed by atoms with Gasteiger partial charge < -0.3 is 5.32 Å². The summed E-state index contributed by atoms with van der Waals surface area (Å²) in [5.41, 5.74) is 5.77. The smallest absolute Gasteiger partial charge is 0.234 e. The van der Waals surface area contributed by atoms with Gasteiger partial charge in [-0.1, -0.05) is 37.2 Å². The molecule has 3 aromatic heterocycles. The molecule has 5 rings (SSSR count). The molecule has 3 heterocycles. The van der Waals surface area contributed by atoms with Crippen molar-refractivity contribution in [3.63, 3.8) is 0 Å². The van der Waals surface area contributed by atoms with Crippen LogP contribution in [0.1, 0.15) is 49.4 Å². The molecule has 0 bridgehead atoms. The number of nitrogens with one attached hydrogen (secondary N) is 1. The summed E-state index contributed by atoms with van der Waals surface area (Å²) in [6.07, 6.45) is 6.22. The van der Waals surface area contributed by atoms with E-state index in [-0.39, 0.29) is 11.7 Å². The molecule has 8 heteroatoms. The number of benzene rings is 1. The Hall–Kier alpha value is -2.22. The molecule has 0 aliphatic heterocycles. The van der Waals surface area contributed by atoms with Gasteiger partial charge in [0.15, 0.2) is 0 Å². The molecule has 4 aromatic rings. The third-order valence-corrected chi connectivity index (χ3v) is 8.19. The number of aryl methyl sites for hydroxylation is 1. The number of hydrogen-bond acceptors (Lipinski definition) is 6. The van der Waals surface area contributed by atoms with Gasteiger partial charge in [-0.3, -0.25) is 4.79 Å². The van der Waals surface area contributed by atoms with Gasteiger partial charge in [-0.2, -0.15) is 0 Å². The molecular weight excluding hydrogens is 460 g/mol. The van der Waals surface area contributed by atoms with E-state index in [0.717, 1.165) is 38.6 Å². The van der Waals surface area contributed by atoms with Crippen molar-refractivity contribution in [2.45, 2.75) is 50.5 Å². The van der Waals surface area contributed by atoms with Crippen LogP contribution in [-0.2, 0) is 17.6 Å². The highest BCUT2D eigenvalue weighted by molar-refractivity contribution is 8.00. The number of hydrogen-bond donors (Lipinski definition) is 1. The van der Waals surface area contributed by atoms with Crippen LogP contribution in [0.5, 0.6) is 0 Å². The monoisotopic (exact) mass is 482 g/mol. The normalized spacial score (nSPS) is 13.6. The molecule has 1 amide bonds. The molecule has 0 spiro atoms. The topological polar surface area (TPSA) is 67.8 Å². The zero-order valence-corrected chi connectivity index (χ0v) is 20.3. The van der Waals surface area contributed by atoms with E-state index in [1.807, 2.05) is 0 Å². The van der Waals surface area contributed by atoms with Crippen LogP contribution < -0.4 is 5.32 Å². The van der Waals surface area contributed by atoms with Gasteiger partial charge in [0.2, 0.25) is 5.91 Å². The first-order chi connectivity index (χ1) is 15.5. The van der Waals surface area contributed by atoms with Gasteiger partial charge in [0.05, 0.1) is 16.0 Å². The summed E-state index contributed by atoms with van der Waals surface area (Å²) in [6, 6.07) is 7.10. The van der Waals surface area contributed by atoms with Crippen LogP contribution in [0.15, 0.2) is 35.6 Å². The zero-order chi connectivity index (χ0) is 22.2.